The summed E-state index contributed by atoms with van der Waals surface area (Å²) in [5.41, 5.74) is 0.728. The van der Waals surface area contributed by atoms with Crippen molar-refractivity contribution < 1.29 is 15.0 Å². The summed E-state index contributed by atoms with van der Waals surface area (Å²) >= 11 is 0. The van der Waals surface area contributed by atoms with Crippen LogP contribution in [0, 0.1) is 13.8 Å². The van der Waals surface area contributed by atoms with Crippen LogP contribution < -0.4 is 0 Å². The highest BCUT2D eigenvalue weighted by molar-refractivity contribution is 5.92. The maximum atomic E-state index is 10.6. The molecule has 0 amide bonds. The third kappa shape index (κ3) is 1.23. The van der Waals surface area contributed by atoms with Gasteiger partial charge in [-0.15, -0.1) is 0 Å². The molecule has 4 nitrogen and oxygen atoms in total. The number of nitrogens with zero attached hydrogens (tertiary/aromatic N) is 1. The molecule has 12 heavy (non-hydrogen) atoms. The number of rotatable bonds is 1. The number of hydrogen-bond acceptors (Lipinski definition) is 3. The predicted molar refractivity (Wildman–Crippen MR) is 42.3 cm³/mol. The molecular formula is C8H9NO3. The Labute approximate surface area is 69.5 Å². The summed E-state index contributed by atoms with van der Waals surface area (Å²) in [5.74, 6) is -1.38. The molecule has 2 N–H and O–H groups in total. The van der Waals surface area contributed by atoms with Crippen LogP contribution in [0.3, 0.4) is 0 Å². The third-order valence-corrected chi connectivity index (χ3v) is 1.64. The van der Waals surface area contributed by atoms with Gasteiger partial charge in [-0.3, -0.25) is 4.98 Å². The Morgan fingerprint density at radius 3 is 2.50 bits per heavy atom. The number of carboxylic acids is 1. The van der Waals surface area contributed by atoms with Gasteiger partial charge in [-0.2, -0.15) is 0 Å². The van der Waals surface area contributed by atoms with E-state index in [0.717, 1.165) is 0 Å². The molecule has 0 bridgehead atoms. The number of aryl methyl sites for hydroxylation is 2. The highest BCUT2D eigenvalue weighted by Crippen LogP contribution is 2.22. The summed E-state index contributed by atoms with van der Waals surface area (Å²) in [6.45, 7) is 3.15. The second-order valence-electron chi connectivity index (χ2n) is 2.56. The molecule has 0 spiro atoms. The van der Waals surface area contributed by atoms with Crippen molar-refractivity contribution in [3.8, 4) is 5.75 Å². The maximum Gasteiger partial charge on any atom is 0.339 e. The number of hydrogen-bond donors (Lipinski definition) is 2. The Hall–Kier alpha value is -1.58. The summed E-state index contributed by atoms with van der Waals surface area (Å²) in [5, 5.41) is 18.0. The fourth-order valence-corrected chi connectivity index (χ4v) is 0.957. The Balaban J connectivity index is 3.43. The van der Waals surface area contributed by atoms with Gasteiger partial charge in [-0.05, 0) is 19.4 Å². The molecule has 1 aromatic heterocycles. The van der Waals surface area contributed by atoms with Crippen LogP contribution in [0.15, 0.2) is 6.20 Å². The lowest BCUT2D eigenvalue weighted by Crippen LogP contribution is -2.02. The lowest BCUT2D eigenvalue weighted by atomic mass is 10.1. The smallest absolute Gasteiger partial charge is 0.339 e. The molecule has 0 saturated carbocycles. The molecule has 0 aliphatic rings. The largest absolute Gasteiger partial charge is 0.505 e. The zero-order valence-corrected chi connectivity index (χ0v) is 6.83. The summed E-state index contributed by atoms with van der Waals surface area (Å²) in [6.07, 6.45) is 1.43. The minimum absolute atomic E-state index is 0.0671. The van der Waals surface area contributed by atoms with Crippen molar-refractivity contribution in [1.82, 2.24) is 4.98 Å². The van der Waals surface area contributed by atoms with E-state index >= 15 is 0 Å². The Kier molecular flexibility index (Phi) is 1.99. The van der Waals surface area contributed by atoms with E-state index in [1.165, 1.54) is 6.20 Å². The van der Waals surface area contributed by atoms with Gasteiger partial charge in [0.05, 0.1) is 5.69 Å². The minimum atomic E-state index is -1.13. The third-order valence-electron chi connectivity index (χ3n) is 1.64. The van der Waals surface area contributed by atoms with Crippen LogP contribution in [-0.4, -0.2) is 21.2 Å². The Morgan fingerprint density at radius 2 is 2.08 bits per heavy atom. The van der Waals surface area contributed by atoms with Crippen LogP contribution in [0.25, 0.3) is 0 Å². The van der Waals surface area contributed by atoms with Crippen molar-refractivity contribution in [3.63, 3.8) is 0 Å². The molecule has 0 atom stereocenters. The maximum absolute atomic E-state index is 10.6. The summed E-state index contributed by atoms with van der Waals surface area (Å²) in [6, 6.07) is 0. The van der Waals surface area contributed by atoms with Gasteiger partial charge < -0.3 is 10.2 Å². The predicted octanol–water partition coefficient (Wildman–Crippen LogP) is 1.10. The lowest BCUT2D eigenvalue weighted by Gasteiger charge is -2.04. The molecular weight excluding hydrogens is 158 g/mol. The molecule has 0 radical (unpaired) electrons. The van der Waals surface area contributed by atoms with E-state index in [0.29, 0.717) is 11.3 Å². The first kappa shape index (κ1) is 8.52. The summed E-state index contributed by atoms with van der Waals surface area (Å²) in [7, 11) is 0. The second kappa shape index (κ2) is 2.81. The van der Waals surface area contributed by atoms with Crippen LogP contribution in [0.4, 0.5) is 0 Å². The number of pyridine rings is 1. The monoisotopic (exact) mass is 167 g/mol. The van der Waals surface area contributed by atoms with E-state index in [2.05, 4.69) is 4.98 Å². The molecule has 0 aliphatic carbocycles. The number of carboxylic acid groups (broad SMARTS) is 1. The highest BCUT2D eigenvalue weighted by Gasteiger charge is 2.14. The van der Waals surface area contributed by atoms with E-state index in [-0.39, 0.29) is 11.3 Å². The number of aromatic hydroxyl groups is 1. The van der Waals surface area contributed by atoms with Gasteiger partial charge in [0.1, 0.15) is 5.56 Å². The molecule has 1 heterocycles. The van der Waals surface area contributed by atoms with Crippen LogP contribution in [0.2, 0.25) is 0 Å². The van der Waals surface area contributed by atoms with E-state index in [1.54, 1.807) is 13.8 Å². The topological polar surface area (TPSA) is 70.4 Å². The first-order valence-corrected chi connectivity index (χ1v) is 3.42. The Bertz CT molecular complexity index is 333. The molecule has 0 unspecified atom stereocenters. The zero-order chi connectivity index (χ0) is 9.30. The molecule has 1 rings (SSSR count). The van der Waals surface area contributed by atoms with Gasteiger partial charge in [0.2, 0.25) is 0 Å². The van der Waals surface area contributed by atoms with E-state index < -0.39 is 5.97 Å². The van der Waals surface area contributed by atoms with Gasteiger partial charge in [0.15, 0.2) is 5.75 Å². The normalized spacial score (nSPS) is 9.83. The van der Waals surface area contributed by atoms with E-state index in [9.17, 15) is 9.90 Å². The van der Waals surface area contributed by atoms with Gasteiger partial charge in [0.25, 0.3) is 0 Å². The molecule has 0 fully saturated rings. The average Bonchev–Trinajstić information content (AvgIpc) is 1.97. The van der Waals surface area contributed by atoms with E-state index in [1.807, 2.05) is 0 Å². The van der Waals surface area contributed by atoms with Crippen molar-refractivity contribution >= 4 is 5.97 Å². The van der Waals surface area contributed by atoms with Gasteiger partial charge in [-0.1, -0.05) is 0 Å². The number of aromatic carboxylic acids is 1. The van der Waals surface area contributed by atoms with Crippen LogP contribution in [0.1, 0.15) is 21.6 Å². The molecule has 4 heteroatoms. The van der Waals surface area contributed by atoms with Gasteiger partial charge in [0, 0.05) is 6.20 Å². The fraction of sp³-hybridized carbons (Fsp3) is 0.250. The van der Waals surface area contributed by atoms with Gasteiger partial charge in [-0.25, -0.2) is 4.79 Å². The van der Waals surface area contributed by atoms with Crippen LogP contribution >= 0.6 is 0 Å². The first-order chi connectivity index (χ1) is 5.54. The minimum Gasteiger partial charge on any atom is -0.505 e. The summed E-state index contributed by atoms with van der Waals surface area (Å²) in [4.78, 5) is 14.4. The van der Waals surface area contributed by atoms with Crippen molar-refractivity contribution in [2.24, 2.45) is 0 Å². The zero-order valence-electron chi connectivity index (χ0n) is 6.83. The second-order valence-corrected chi connectivity index (χ2v) is 2.56. The van der Waals surface area contributed by atoms with Crippen molar-refractivity contribution in [2.75, 3.05) is 0 Å². The SMILES string of the molecule is Cc1cnc(C)c(O)c1C(=O)O. The van der Waals surface area contributed by atoms with Crippen LogP contribution in [0.5, 0.6) is 5.75 Å². The standard InChI is InChI=1S/C8H9NO3/c1-4-3-9-5(2)7(10)6(4)8(11)12/h3,10H,1-2H3,(H,11,12). The molecule has 64 valence electrons. The molecule has 1 aromatic rings. The van der Waals surface area contributed by atoms with Gasteiger partial charge >= 0.3 is 5.97 Å². The Morgan fingerprint density at radius 1 is 1.50 bits per heavy atom. The van der Waals surface area contributed by atoms with E-state index in [4.69, 9.17) is 5.11 Å². The van der Waals surface area contributed by atoms with Crippen LogP contribution in [-0.2, 0) is 0 Å². The molecule has 0 aliphatic heterocycles. The average molecular weight is 167 g/mol. The number of aromatic nitrogens is 1. The highest BCUT2D eigenvalue weighted by atomic mass is 16.4. The van der Waals surface area contributed by atoms with Crippen molar-refractivity contribution in [2.45, 2.75) is 13.8 Å². The first-order valence-electron chi connectivity index (χ1n) is 3.42. The molecule has 0 aromatic carbocycles. The number of carbonyl (C=O) groups is 1. The van der Waals surface area contributed by atoms with Crippen molar-refractivity contribution in [1.29, 1.82) is 0 Å². The quantitative estimate of drug-likeness (QED) is 0.657. The lowest BCUT2D eigenvalue weighted by molar-refractivity contribution is 0.0692. The fourth-order valence-electron chi connectivity index (χ4n) is 0.957. The summed E-state index contributed by atoms with van der Waals surface area (Å²) < 4.78 is 0. The molecule has 0 saturated heterocycles. The van der Waals surface area contributed by atoms with Crippen molar-refractivity contribution in [3.05, 3.63) is 23.0 Å².